The van der Waals surface area contributed by atoms with Gasteiger partial charge in [0.1, 0.15) is 0 Å². The zero-order valence-electron chi connectivity index (χ0n) is 15.2. The van der Waals surface area contributed by atoms with Gasteiger partial charge in [0, 0.05) is 33.9 Å². The van der Waals surface area contributed by atoms with Gasteiger partial charge in [0.2, 0.25) is 0 Å². The zero-order valence-corrected chi connectivity index (χ0v) is 16.1. The molecule has 0 aliphatic heterocycles. The van der Waals surface area contributed by atoms with Gasteiger partial charge in [-0.15, -0.1) is 0 Å². The molecule has 7 heteroatoms. The third-order valence-electron chi connectivity index (χ3n) is 4.70. The van der Waals surface area contributed by atoms with E-state index in [4.69, 9.17) is 4.74 Å². The molecule has 0 aromatic rings. The smallest absolute Gasteiger partial charge is 0.191 e. The highest BCUT2D eigenvalue weighted by molar-refractivity contribution is 7.92. The van der Waals surface area contributed by atoms with Crippen molar-refractivity contribution in [2.75, 3.05) is 39.6 Å². The van der Waals surface area contributed by atoms with E-state index in [0.717, 1.165) is 19.6 Å². The first-order valence-electron chi connectivity index (χ1n) is 8.32. The highest BCUT2D eigenvalue weighted by Crippen LogP contribution is 2.43. The number of rotatable bonds is 8. The van der Waals surface area contributed by atoms with Crippen molar-refractivity contribution in [3.05, 3.63) is 0 Å². The Labute approximate surface area is 141 Å². The first kappa shape index (κ1) is 20.2. The van der Waals surface area contributed by atoms with Crippen molar-refractivity contribution in [2.24, 2.45) is 10.4 Å². The van der Waals surface area contributed by atoms with E-state index in [9.17, 15) is 8.42 Å². The predicted molar refractivity (Wildman–Crippen MR) is 95.7 cm³/mol. The second-order valence-corrected chi connectivity index (χ2v) is 10.2. The Bertz CT molecular complexity index is 491. The molecular formula is C16H33N3O3S. The minimum absolute atomic E-state index is 0.103. The molecule has 0 aromatic heterocycles. The van der Waals surface area contributed by atoms with Gasteiger partial charge in [0.05, 0.1) is 10.5 Å². The minimum Gasteiger partial charge on any atom is -0.385 e. The van der Waals surface area contributed by atoms with Gasteiger partial charge in [0.15, 0.2) is 15.8 Å². The lowest BCUT2D eigenvalue weighted by molar-refractivity contribution is 0.0733. The van der Waals surface area contributed by atoms with Gasteiger partial charge in [-0.1, -0.05) is 6.42 Å². The summed E-state index contributed by atoms with van der Waals surface area (Å²) in [6.45, 7) is 7.17. The highest BCUT2D eigenvalue weighted by Gasteiger charge is 2.36. The molecule has 1 fully saturated rings. The Kier molecular flexibility index (Phi) is 7.32. The van der Waals surface area contributed by atoms with E-state index in [-0.39, 0.29) is 5.75 Å². The third-order valence-corrected chi connectivity index (χ3v) is 7.31. The number of hydrogen-bond acceptors (Lipinski definition) is 4. The quantitative estimate of drug-likeness (QED) is 0.515. The number of sulfone groups is 1. The first-order valence-corrected chi connectivity index (χ1v) is 9.97. The monoisotopic (exact) mass is 347 g/mol. The molecular weight excluding hydrogens is 314 g/mol. The van der Waals surface area contributed by atoms with Gasteiger partial charge in [-0.2, -0.15) is 0 Å². The fourth-order valence-corrected chi connectivity index (χ4v) is 3.60. The second-order valence-electron chi connectivity index (χ2n) is 7.38. The summed E-state index contributed by atoms with van der Waals surface area (Å²) in [6.07, 6.45) is 4.73. The molecule has 1 saturated carbocycles. The third kappa shape index (κ3) is 5.95. The van der Waals surface area contributed by atoms with E-state index >= 15 is 0 Å². The van der Waals surface area contributed by atoms with Crippen molar-refractivity contribution < 1.29 is 13.2 Å². The molecule has 23 heavy (non-hydrogen) atoms. The lowest BCUT2D eigenvalue weighted by Crippen LogP contribution is -2.48. The van der Waals surface area contributed by atoms with Gasteiger partial charge in [0.25, 0.3) is 0 Å². The van der Waals surface area contributed by atoms with Crippen LogP contribution < -0.4 is 10.6 Å². The van der Waals surface area contributed by atoms with Crippen molar-refractivity contribution in [1.82, 2.24) is 10.6 Å². The van der Waals surface area contributed by atoms with Crippen molar-refractivity contribution >= 4 is 15.8 Å². The average Bonchev–Trinajstić information content (AvgIpc) is 2.42. The number of hydrogen-bond donors (Lipinski definition) is 2. The van der Waals surface area contributed by atoms with Crippen LogP contribution in [0.3, 0.4) is 0 Å². The highest BCUT2D eigenvalue weighted by atomic mass is 32.2. The summed E-state index contributed by atoms with van der Waals surface area (Å²) in [7, 11) is 0.324. The molecule has 136 valence electrons. The van der Waals surface area contributed by atoms with Gasteiger partial charge >= 0.3 is 0 Å². The number of guanidine groups is 1. The number of aliphatic imine (C=N–C) groups is 1. The average molecular weight is 348 g/mol. The van der Waals surface area contributed by atoms with Crippen molar-refractivity contribution in [3.63, 3.8) is 0 Å². The van der Waals surface area contributed by atoms with Gasteiger partial charge in [-0.25, -0.2) is 8.42 Å². The van der Waals surface area contributed by atoms with Crippen molar-refractivity contribution in [1.29, 1.82) is 0 Å². The molecule has 1 aliphatic carbocycles. The summed E-state index contributed by atoms with van der Waals surface area (Å²) in [6, 6.07) is 0. The standard InChI is InChI=1S/C16H33N3O3S/c1-15(2,3)23(20,21)12-10-18-14(17-4)19-13-16(7-6-8-16)9-11-22-5/h6-13H2,1-5H3,(H2,17,18,19). The maximum atomic E-state index is 12.1. The van der Waals surface area contributed by atoms with E-state index in [1.165, 1.54) is 19.3 Å². The number of nitrogens with zero attached hydrogens (tertiary/aromatic N) is 1. The largest absolute Gasteiger partial charge is 0.385 e. The molecule has 0 aromatic carbocycles. The van der Waals surface area contributed by atoms with Crippen LogP contribution in [0.5, 0.6) is 0 Å². The molecule has 0 saturated heterocycles. The Hall–Kier alpha value is -0.820. The number of nitrogens with one attached hydrogen (secondary N) is 2. The summed E-state index contributed by atoms with van der Waals surface area (Å²) < 4.78 is 28.7. The van der Waals surface area contributed by atoms with Crippen molar-refractivity contribution in [2.45, 2.75) is 51.2 Å². The molecule has 6 nitrogen and oxygen atoms in total. The van der Waals surface area contributed by atoms with Gasteiger partial charge < -0.3 is 15.4 Å². The van der Waals surface area contributed by atoms with Crippen LogP contribution >= 0.6 is 0 Å². The van der Waals surface area contributed by atoms with Crippen LogP contribution in [0.15, 0.2) is 4.99 Å². The second kappa shape index (κ2) is 8.33. The normalized spacial score (nSPS) is 18.4. The van der Waals surface area contributed by atoms with E-state index in [1.807, 2.05) is 0 Å². The SMILES string of the molecule is CN=C(NCCS(=O)(=O)C(C)(C)C)NCC1(CCOC)CCC1. The Morgan fingerprint density at radius 2 is 1.91 bits per heavy atom. The number of methoxy groups -OCH3 is 1. The first-order chi connectivity index (χ1) is 10.7. The molecule has 0 heterocycles. The van der Waals surface area contributed by atoms with Gasteiger partial charge in [-0.05, 0) is 45.4 Å². The Morgan fingerprint density at radius 3 is 2.35 bits per heavy atom. The Morgan fingerprint density at radius 1 is 1.26 bits per heavy atom. The summed E-state index contributed by atoms with van der Waals surface area (Å²) in [5.74, 6) is 0.768. The van der Waals surface area contributed by atoms with Crippen LogP contribution in [-0.2, 0) is 14.6 Å². The van der Waals surface area contributed by atoms with Crippen LogP contribution in [0.1, 0.15) is 46.5 Å². The summed E-state index contributed by atoms with van der Waals surface area (Å²) in [5.41, 5.74) is 0.297. The molecule has 0 amide bonds. The molecule has 1 aliphatic rings. The molecule has 0 bridgehead atoms. The lowest BCUT2D eigenvalue weighted by atomic mass is 9.67. The summed E-state index contributed by atoms with van der Waals surface area (Å²) >= 11 is 0. The zero-order chi connectivity index (χ0) is 17.6. The maximum absolute atomic E-state index is 12.1. The van der Waals surface area contributed by atoms with E-state index in [1.54, 1.807) is 34.9 Å². The summed E-state index contributed by atoms with van der Waals surface area (Å²) in [4.78, 5) is 4.18. The minimum atomic E-state index is -3.11. The molecule has 0 unspecified atom stereocenters. The fourth-order valence-electron chi connectivity index (χ4n) is 2.61. The van der Waals surface area contributed by atoms with Crippen LogP contribution in [0.2, 0.25) is 0 Å². The van der Waals surface area contributed by atoms with E-state index in [2.05, 4.69) is 15.6 Å². The van der Waals surface area contributed by atoms with Crippen LogP contribution in [0, 0.1) is 5.41 Å². The molecule has 0 spiro atoms. The van der Waals surface area contributed by atoms with Crippen LogP contribution in [0.25, 0.3) is 0 Å². The van der Waals surface area contributed by atoms with Crippen LogP contribution in [-0.4, -0.2) is 58.7 Å². The predicted octanol–water partition coefficient (Wildman–Crippen LogP) is 1.57. The topological polar surface area (TPSA) is 79.8 Å². The molecule has 2 N–H and O–H groups in total. The molecule has 1 rings (SSSR count). The summed E-state index contributed by atoms with van der Waals surface area (Å²) in [5, 5.41) is 6.44. The number of ether oxygens (including phenoxy) is 1. The molecule has 0 atom stereocenters. The van der Waals surface area contributed by atoms with E-state index < -0.39 is 14.6 Å². The van der Waals surface area contributed by atoms with E-state index in [0.29, 0.717) is 17.9 Å². The Balaban J connectivity index is 2.41. The fraction of sp³-hybridized carbons (Fsp3) is 0.938. The maximum Gasteiger partial charge on any atom is 0.191 e. The lowest BCUT2D eigenvalue weighted by Gasteiger charge is -2.42. The van der Waals surface area contributed by atoms with Crippen LogP contribution in [0.4, 0.5) is 0 Å². The van der Waals surface area contributed by atoms with Crippen molar-refractivity contribution in [3.8, 4) is 0 Å². The molecule has 0 radical (unpaired) electrons. The van der Waals surface area contributed by atoms with Gasteiger partial charge in [-0.3, -0.25) is 4.99 Å².